The smallest absolute Gasteiger partial charge is 0.254 e. The molecule has 3 heterocycles. The molecular formula is C25H30N4O. The van der Waals surface area contributed by atoms with Crippen LogP contribution in [-0.4, -0.2) is 59.5 Å². The highest BCUT2D eigenvalue weighted by Crippen LogP contribution is 2.28. The van der Waals surface area contributed by atoms with Gasteiger partial charge in [-0.3, -0.25) is 9.69 Å². The molecule has 0 spiro atoms. The number of benzene rings is 2. The van der Waals surface area contributed by atoms with Crippen LogP contribution in [0.25, 0.3) is 10.9 Å². The summed E-state index contributed by atoms with van der Waals surface area (Å²) in [5.74, 6) is 0.127. The number of fused-ring (bicyclic) bond motifs is 3. The van der Waals surface area contributed by atoms with E-state index in [1.807, 2.05) is 17.0 Å². The number of amides is 1. The monoisotopic (exact) mass is 402 g/mol. The van der Waals surface area contributed by atoms with Crippen LogP contribution in [0.15, 0.2) is 48.5 Å². The quantitative estimate of drug-likeness (QED) is 0.723. The lowest BCUT2D eigenvalue weighted by Gasteiger charge is -2.38. The van der Waals surface area contributed by atoms with Crippen molar-refractivity contribution in [3.63, 3.8) is 0 Å². The zero-order valence-electron chi connectivity index (χ0n) is 17.9. The van der Waals surface area contributed by atoms with E-state index >= 15 is 0 Å². The van der Waals surface area contributed by atoms with E-state index in [-0.39, 0.29) is 5.91 Å². The Labute approximate surface area is 178 Å². The largest absolute Gasteiger partial charge is 0.369 e. The molecule has 1 amide bonds. The van der Waals surface area contributed by atoms with Crippen LogP contribution in [0, 0.1) is 0 Å². The van der Waals surface area contributed by atoms with Crippen molar-refractivity contribution in [1.82, 2.24) is 14.8 Å². The first kappa shape index (κ1) is 19.2. The molecule has 0 radical (unpaired) electrons. The average Bonchev–Trinajstić information content (AvgIpc) is 3.17. The van der Waals surface area contributed by atoms with Gasteiger partial charge in [0.05, 0.1) is 0 Å². The molecule has 0 unspecified atom stereocenters. The van der Waals surface area contributed by atoms with E-state index in [2.05, 4.69) is 65.0 Å². The molecular weight excluding hydrogens is 372 g/mol. The summed E-state index contributed by atoms with van der Waals surface area (Å²) in [4.78, 5) is 23.6. The summed E-state index contributed by atoms with van der Waals surface area (Å²) in [5.41, 5.74) is 5.70. The zero-order chi connectivity index (χ0) is 20.7. The fourth-order valence-electron chi connectivity index (χ4n) is 4.83. The zero-order valence-corrected chi connectivity index (χ0v) is 17.9. The SMILES string of the molecule is CC(C)N1CCN(c2ccc(C(=O)N3CCc4[nH]c5ccccc5c4C3)cc2)CC1. The Bertz CT molecular complexity index is 1040. The molecule has 5 heteroatoms. The second kappa shape index (κ2) is 7.80. The lowest BCUT2D eigenvalue weighted by molar-refractivity contribution is 0.0735. The third kappa shape index (κ3) is 3.47. The number of carbonyl (C=O) groups is 1. The fourth-order valence-corrected chi connectivity index (χ4v) is 4.83. The van der Waals surface area contributed by atoms with Gasteiger partial charge in [0, 0.05) is 85.1 Å². The van der Waals surface area contributed by atoms with E-state index in [4.69, 9.17) is 0 Å². The predicted octanol–water partition coefficient (Wildman–Crippen LogP) is 3.90. The van der Waals surface area contributed by atoms with Gasteiger partial charge >= 0.3 is 0 Å². The molecule has 2 aromatic carbocycles. The normalized spacial score (nSPS) is 17.6. The maximum absolute atomic E-state index is 13.2. The topological polar surface area (TPSA) is 42.6 Å². The highest BCUT2D eigenvalue weighted by atomic mass is 16.2. The highest BCUT2D eigenvalue weighted by molar-refractivity contribution is 5.95. The maximum atomic E-state index is 13.2. The maximum Gasteiger partial charge on any atom is 0.254 e. The number of aromatic nitrogens is 1. The molecule has 5 nitrogen and oxygen atoms in total. The molecule has 0 saturated carbocycles. The number of anilines is 1. The standard InChI is InChI=1S/C25H30N4O/c1-18(2)27-13-15-28(16-14-27)20-9-7-19(8-10-20)25(30)29-12-11-24-22(17-29)21-5-3-4-6-23(21)26-24/h3-10,18,26H,11-17H2,1-2H3. The van der Waals surface area contributed by atoms with Crippen LogP contribution in [-0.2, 0) is 13.0 Å². The van der Waals surface area contributed by atoms with Crippen LogP contribution in [0.2, 0.25) is 0 Å². The van der Waals surface area contributed by atoms with Crippen molar-refractivity contribution < 1.29 is 4.79 Å². The third-order valence-corrected chi connectivity index (χ3v) is 6.69. The van der Waals surface area contributed by atoms with E-state index < -0.39 is 0 Å². The van der Waals surface area contributed by atoms with E-state index in [1.165, 1.54) is 27.8 Å². The molecule has 0 bridgehead atoms. The van der Waals surface area contributed by atoms with Gasteiger partial charge in [-0.2, -0.15) is 0 Å². The van der Waals surface area contributed by atoms with Gasteiger partial charge in [-0.1, -0.05) is 18.2 Å². The van der Waals surface area contributed by atoms with Gasteiger partial charge in [0.15, 0.2) is 0 Å². The molecule has 3 aromatic rings. The predicted molar refractivity (Wildman–Crippen MR) is 122 cm³/mol. The van der Waals surface area contributed by atoms with E-state index in [9.17, 15) is 4.79 Å². The number of para-hydroxylation sites is 1. The Morgan fingerprint density at radius 1 is 0.933 bits per heavy atom. The number of nitrogens with zero attached hydrogens (tertiary/aromatic N) is 3. The number of hydrogen-bond donors (Lipinski definition) is 1. The number of carbonyl (C=O) groups excluding carboxylic acids is 1. The summed E-state index contributed by atoms with van der Waals surface area (Å²) < 4.78 is 0. The van der Waals surface area contributed by atoms with Crippen LogP contribution in [0.1, 0.15) is 35.5 Å². The molecule has 156 valence electrons. The van der Waals surface area contributed by atoms with Gasteiger partial charge in [0.2, 0.25) is 0 Å². The van der Waals surface area contributed by atoms with Crippen molar-refractivity contribution in [1.29, 1.82) is 0 Å². The van der Waals surface area contributed by atoms with Gasteiger partial charge < -0.3 is 14.8 Å². The number of rotatable bonds is 3. The third-order valence-electron chi connectivity index (χ3n) is 6.69. The summed E-state index contributed by atoms with van der Waals surface area (Å²) in [6.45, 7) is 10.2. The van der Waals surface area contributed by atoms with E-state index in [1.54, 1.807) is 0 Å². The number of hydrogen-bond acceptors (Lipinski definition) is 3. The lowest BCUT2D eigenvalue weighted by atomic mass is 10.0. The van der Waals surface area contributed by atoms with Crippen molar-refractivity contribution in [2.24, 2.45) is 0 Å². The second-order valence-corrected chi connectivity index (χ2v) is 8.77. The van der Waals surface area contributed by atoms with Crippen LogP contribution in [0.5, 0.6) is 0 Å². The van der Waals surface area contributed by atoms with Crippen molar-refractivity contribution >= 4 is 22.5 Å². The molecule has 1 saturated heterocycles. The van der Waals surface area contributed by atoms with Gasteiger partial charge in [0.1, 0.15) is 0 Å². The first-order valence-corrected chi connectivity index (χ1v) is 11.1. The highest BCUT2D eigenvalue weighted by Gasteiger charge is 2.25. The molecule has 0 atom stereocenters. The summed E-state index contributed by atoms with van der Waals surface area (Å²) in [5, 5.41) is 1.24. The van der Waals surface area contributed by atoms with Crippen molar-refractivity contribution in [3.05, 3.63) is 65.4 Å². The first-order valence-electron chi connectivity index (χ1n) is 11.1. The minimum atomic E-state index is 0.127. The van der Waals surface area contributed by atoms with Gasteiger partial charge in [0.25, 0.3) is 5.91 Å². The molecule has 2 aliphatic heterocycles. The number of H-pyrrole nitrogens is 1. The van der Waals surface area contributed by atoms with Crippen LogP contribution < -0.4 is 4.90 Å². The number of aromatic amines is 1. The fraction of sp³-hybridized carbons (Fsp3) is 0.400. The van der Waals surface area contributed by atoms with Crippen molar-refractivity contribution in [2.75, 3.05) is 37.6 Å². The molecule has 1 fully saturated rings. The molecule has 1 N–H and O–H groups in total. The first-order chi connectivity index (χ1) is 14.6. The summed E-state index contributed by atoms with van der Waals surface area (Å²) >= 11 is 0. The Balaban J connectivity index is 1.28. The molecule has 5 rings (SSSR count). The Kier molecular flexibility index (Phi) is 4.99. The summed E-state index contributed by atoms with van der Waals surface area (Å²) in [7, 11) is 0. The minimum Gasteiger partial charge on any atom is -0.369 e. The Morgan fingerprint density at radius 3 is 2.40 bits per heavy atom. The van der Waals surface area contributed by atoms with E-state index in [0.29, 0.717) is 12.6 Å². The lowest BCUT2D eigenvalue weighted by Crippen LogP contribution is -2.48. The summed E-state index contributed by atoms with van der Waals surface area (Å²) in [6.07, 6.45) is 0.883. The Hall–Kier alpha value is -2.79. The summed E-state index contributed by atoms with van der Waals surface area (Å²) in [6, 6.07) is 17.2. The average molecular weight is 403 g/mol. The van der Waals surface area contributed by atoms with Crippen molar-refractivity contribution in [3.8, 4) is 0 Å². The van der Waals surface area contributed by atoms with E-state index in [0.717, 1.165) is 44.7 Å². The Morgan fingerprint density at radius 2 is 1.67 bits per heavy atom. The van der Waals surface area contributed by atoms with Crippen LogP contribution in [0.4, 0.5) is 5.69 Å². The molecule has 2 aliphatic rings. The van der Waals surface area contributed by atoms with Gasteiger partial charge in [-0.05, 0) is 44.2 Å². The van der Waals surface area contributed by atoms with Crippen LogP contribution >= 0.6 is 0 Å². The number of nitrogens with one attached hydrogen (secondary N) is 1. The van der Waals surface area contributed by atoms with Crippen molar-refractivity contribution in [2.45, 2.75) is 32.9 Å². The van der Waals surface area contributed by atoms with Gasteiger partial charge in [-0.25, -0.2) is 0 Å². The van der Waals surface area contributed by atoms with Gasteiger partial charge in [-0.15, -0.1) is 0 Å². The second-order valence-electron chi connectivity index (χ2n) is 8.77. The minimum absolute atomic E-state index is 0.127. The number of piperazine rings is 1. The molecule has 30 heavy (non-hydrogen) atoms. The molecule has 0 aliphatic carbocycles. The van der Waals surface area contributed by atoms with Crippen LogP contribution in [0.3, 0.4) is 0 Å². The molecule has 1 aromatic heterocycles.